The topological polar surface area (TPSA) is 47.0 Å². The molecule has 1 aromatic carbocycles. The molecule has 0 amide bonds. The van der Waals surface area contributed by atoms with Gasteiger partial charge in [-0.05, 0) is 31.7 Å². The highest BCUT2D eigenvalue weighted by Gasteiger charge is 2.03. The number of aryl methyl sites for hydroxylation is 1. The van der Waals surface area contributed by atoms with Gasteiger partial charge in [0.05, 0.1) is 5.69 Å². The van der Waals surface area contributed by atoms with Gasteiger partial charge in [-0.1, -0.05) is 18.2 Å². The van der Waals surface area contributed by atoms with Crippen LogP contribution in [0.25, 0.3) is 0 Å². The van der Waals surface area contributed by atoms with Gasteiger partial charge in [-0.2, -0.15) is 0 Å². The Labute approximate surface area is 107 Å². The van der Waals surface area contributed by atoms with E-state index in [2.05, 4.69) is 15.3 Å². The Hall–Kier alpha value is -1.94. The second kappa shape index (κ2) is 6.12. The number of para-hydroxylation sites is 1. The summed E-state index contributed by atoms with van der Waals surface area (Å²) in [6, 6.07) is 9.68. The van der Waals surface area contributed by atoms with Crippen molar-refractivity contribution in [1.82, 2.24) is 15.3 Å². The van der Waals surface area contributed by atoms with Crippen molar-refractivity contribution in [3.05, 3.63) is 53.6 Å². The summed E-state index contributed by atoms with van der Waals surface area (Å²) in [4.78, 5) is 8.75. The molecule has 0 aliphatic carbocycles. The van der Waals surface area contributed by atoms with Gasteiger partial charge < -0.3 is 10.1 Å². The Morgan fingerprint density at radius 1 is 1.22 bits per heavy atom. The van der Waals surface area contributed by atoms with Crippen molar-refractivity contribution in [3.63, 3.8) is 0 Å². The van der Waals surface area contributed by atoms with E-state index in [1.165, 1.54) is 0 Å². The van der Waals surface area contributed by atoms with Crippen LogP contribution in [-0.2, 0) is 13.2 Å². The van der Waals surface area contributed by atoms with E-state index in [4.69, 9.17) is 4.74 Å². The molecular weight excluding hydrogens is 226 g/mol. The van der Waals surface area contributed by atoms with Crippen LogP contribution in [0.4, 0.5) is 0 Å². The Balaban J connectivity index is 2.03. The highest BCUT2D eigenvalue weighted by Crippen LogP contribution is 2.11. The summed E-state index contributed by atoms with van der Waals surface area (Å²) >= 11 is 0. The zero-order valence-corrected chi connectivity index (χ0v) is 10.7. The van der Waals surface area contributed by atoms with Gasteiger partial charge in [-0.15, -0.1) is 0 Å². The maximum absolute atomic E-state index is 5.62. The van der Waals surface area contributed by atoms with E-state index in [0.717, 1.165) is 23.6 Å². The van der Waals surface area contributed by atoms with Gasteiger partial charge in [0.15, 0.2) is 5.82 Å². The lowest BCUT2D eigenvalue weighted by Gasteiger charge is -2.08. The van der Waals surface area contributed by atoms with Crippen LogP contribution in [0.15, 0.2) is 36.5 Å². The van der Waals surface area contributed by atoms with Crippen LogP contribution in [0, 0.1) is 6.92 Å². The minimum absolute atomic E-state index is 0.390. The van der Waals surface area contributed by atoms with E-state index in [9.17, 15) is 0 Å². The van der Waals surface area contributed by atoms with E-state index in [-0.39, 0.29) is 0 Å². The molecule has 2 aromatic rings. The number of ether oxygens (including phenoxy) is 1. The van der Waals surface area contributed by atoms with Crippen LogP contribution in [0.1, 0.15) is 17.1 Å². The van der Waals surface area contributed by atoms with E-state index >= 15 is 0 Å². The first kappa shape index (κ1) is 12.5. The molecule has 0 aliphatic heterocycles. The monoisotopic (exact) mass is 243 g/mol. The molecule has 1 heterocycles. The molecule has 4 heteroatoms. The largest absolute Gasteiger partial charge is 0.486 e. The molecule has 94 valence electrons. The number of nitrogens with one attached hydrogen (secondary N) is 1. The third-order valence-electron chi connectivity index (χ3n) is 2.58. The third kappa shape index (κ3) is 3.28. The summed E-state index contributed by atoms with van der Waals surface area (Å²) in [5, 5.41) is 3.09. The summed E-state index contributed by atoms with van der Waals surface area (Å²) in [6.07, 6.45) is 1.84. The Bertz CT molecular complexity index is 500. The molecule has 4 nitrogen and oxygen atoms in total. The van der Waals surface area contributed by atoms with E-state index < -0.39 is 0 Å². The smallest absolute Gasteiger partial charge is 0.166 e. The number of hydrogen-bond acceptors (Lipinski definition) is 4. The van der Waals surface area contributed by atoms with Crippen molar-refractivity contribution < 1.29 is 4.74 Å². The summed E-state index contributed by atoms with van der Waals surface area (Å²) in [5.41, 5.74) is 2.10. The molecule has 0 unspecified atom stereocenters. The van der Waals surface area contributed by atoms with Crippen LogP contribution >= 0.6 is 0 Å². The first-order valence-electron chi connectivity index (χ1n) is 5.93. The summed E-state index contributed by atoms with van der Waals surface area (Å²) < 4.78 is 5.62. The Kier molecular flexibility index (Phi) is 4.25. The molecule has 0 saturated heterocycles. The zero-order chi connectivity index (χ0) is 12.8. The number of hydrogen-bond donors (Lipinski definition) is 1. The molecule has 18 heavy (non-hydrogen) atoms. The van der Waals surface area contributed by atoms with Crippen LogP contribution in [-0.4, -0.2) is 17.0 Å². The van der Waals surface area contributed by atoms with Crippen molar-refractivity contribution in [3.8, 4) is 5.75 Å². The fourth-order valence-electron chi connectivity index (χ4n) is 1.60. The van der Waals surface area contributed by atoms with Gasteiger partial charge in [-0.3, -0.25) is 0 Å². The minimum atomic E-state index is 0.390. The van der Waals surface area contributed by atoms with Gasteiger partial charge >= 0.3 is 0 Å². The molecule has 1 N–H and O–H groups in total. The third-order valence-corrected chi connectivity index (χ3v) is 2.58. The molecule has 0 saturated carbocycles. The standard InChI is InChI=1S/C14H17N3O/c1-11-8-16-14(17-13(11)9-15-2)10-18-12-6-4-3-5-7-12/h3-8,15H,9-10H2,1-2H3. The fourth-order valence-corrected chi connectivity index (χ4v) is 1.60. The predicted octanol–water partition coefficient (Wildman–Crippen LogP) is 2.08. The van der Waals surface area contributed by atoms with Gasteiger partial charge in [-0.25, -0.2) is 9.97 Å². The molecule has 0 aliphatic rings. The van der Waals surface area contributed by atoms with Crippen molar-refractivity contribution in [2.45, 2.75) is 20.1 Å². The fraction of sp³-hybridized carbons (Fsp3) is 0.286. The highest BCUT2D eigenvalue weighted by atomic mass is 16.5. The second-order valence-corrected chi connectivity index (χ2v) is 4.05. The highest BCUT2D eigenvalue weighted by molar-refractivity contribution is 5.21. The van der Waals surface area contributed by atoms with Crippen LogP contribution in [0.5, 0.6) is 5.75 Å². The van der Waals surface area contributed by atoms with E-state index in [0.29, 0.717) is 12.4 Å². The molecular formula is C14H17N3O. The van der Waals surface area contributed by atoms with Gasteiger partial charge in [0, 0.05) is 12.7 Å². The van der Waals surface area contributed by atoms with Gasteiger partial charge in [0.2, 0.25) is 0 Å². The zero-order valence-electron chi connectivity index (χ0n) is 10.7. The van der Waals surface area contributed by atoms with Crippen LogP contribution in [0.3, 0.4) is 0 Å². The number of benzene rings is 1. The van der Waals surface area contributed by atoms with Crippen molar-refractivity contribution in [2.24, 2.45) is 0 Å². The minimum Gasteiger partial charge on any atom is -0.486 e. The van der Waals surface area contributed by atoms with Crippen LogP contribution in [0.2, 0.25) is 0 Å². The molecule has 2 rings (SSSR count). The van der Waals surface area contributed by atoms with Crippen molar-refractivity contribution in [1.29, 1.82) is 0 Å². The average Bonchev–Trinajstić information content (AvgIpc) is 2.41. The summed E-state index contributed by atoms with van der Waals surface area (Å²) in [7, 11) is 1.90. The number of nitrogens with zero attached hydrogens (tertiary/aromatic N) is 2. The lowest BCUT2D eigenvalue weighted by molar-refractivity contribution is 0.295. The quantitative estimate of drug-likeness (QED) is 0.873. The van der Waals surface area contributed by atoms with Gasteiger partial charge in [0.25, 0.3) is 0 Å². The molecule has 1 aromatic heterocycles. The lowest BCUT2D eigenvalue weighted by atomic mass is 10.2. The first-order chi connectivity index (χ1) is 8.79. The van der Waals surface area contributed by atoms with E-state index in [1.807, 2.05) is 50.5 Å². The van der Waals surface area contributed by atoms with Crippen molar-refractivity contribution in [2.75, 3.05) is 7.05 Å². The molecule has 0 spiro atoms. The number of aromatic nitrogens is 2. The lowest BCUT2D eigenvalue weighted by Crippen LogP contribution is -2.12. The summed E-state index contributed by atoms with van der Waals surface area (Å²) in [6.45, 7) is 3.14. The Morgan fingerprint density at radius 3 is 2.72 bits per heavy atom. The van der Waals surface area contributed by atoms with Crippen LogP contribution < -0.4 is 10.1 Å². The predicted molar refractivity (Wildman–Crippen MR) is 70.3 cm³/mol. The van der Waals surface area contributed by atoms with Gasteiger partial charge in [0.1, 0.15) is 12.4 Å². The SMILES string of the molecule is CNCc1nc(COc2ccccc2)ncc1C. The second-order valence-electron chi connectivity index (χ2n) is 4.05. The molecule has 0 atom stereocenters. The first-order valence-corrected chi connectivity index (χ1v) is 5.93. The number of rotatable bonds is 5. The maximum atomic E-state index is 5.62. The molecule has 0 bridgehead atoms. The summed E-state index contributed by atoms with van der Waals surface area (Å²) in [5.74, 6) is 1.53. The molecule has 0 fully saturated rings. The van der Waals surface area contributed by atoms with Crippen molar-refractivity contribution >= 4 is 0 Å². The maximum Gasteiger partial charge on any atom is 0.166 e. The average molecular weight is 243 g/mol. The van der Waals surface area contributed by atoms with E-state index in [1.54, 1.807) is 0 Å². The normalized spacial score (nSPS) is 10.3. The molecule has 0 radical (unpaired) electrons. The Morgan fingerprint density at radius 2 is 2.00 bits per heavy atom.